The molecule has 484 valence electrons. The average molecular weight is 1200 g/mol. The predicted octanol–water partition coefficient (Wildman–Crippen LogP) is 24.1. The molecular weight excluding hydrogens is 1080 g/mol. The van der Waals surface area contributed by atoms with Crippen molar-refractivity contribution in [2.24, 2.45) is 4.99 Å². The van der Waals surface area contributed by atoms with Crippen LogP contribution in [-0.4, -0.2) is 48.7 Å². The van der Waals surface area contributed by atoms with Crippen LogP contribution in [0, 0.1) is 0 Å². The number of benzene rings is 4. The summed E-state index contributed by atoms with van der Waals surface area (Å²) in [6, 6.07) is 21.7. The highest BCUT2D eigenvalue weighted by Crippen LogP contribution is 2.40. The summed E-state index contributed by atoms with van der Waals surface area (Å²) in [6.07, 6.45) is 54.4. The third kappa shape index (κ3) is 31.5. The standard InChI is InChI=1S/C77H118N2O8/c1-5-9-13-17-21-25-29-30-34-35-39-43-55-82-68-53-54-70-72(62-68)87-76(79-70)64-47-50-67(51-48-64)78-63-65-49-52-69(61-71(65)80)86-77(81)66-59-73(83-56-44-40-36-31-26-22-18-14-10-6-2)75(85-58-46-42-38-33-28-24-20-16-12-8-4)74(60-66)84-57-45-41-37-32-27-23-19-15-11-7-3/h47-54,59-63,80H,5-46,55-58H2,1-4H3. The third-order valence-electron chi connectivity index (χ3n) is 16.8. The summed E-state index contributed by atoms with van der Waals surface area (Å²) in [6.45, 7) is 11.3. The van der Waals surface area contributed by atoms with Crippen LogP contribution >= 0.6 is 0 Å². The first-order valence-electron chi connectivity index (χ1n) is 35.7. The second-order valence-electron chi connectivity index (χ2n) is 24.7. The molecule has 0 aliphatic rings. The van der Waals surface area contributed by atoms with E-state index in [1.54, 1.807) is 30.5 Å². The molecule has 0 saturated carbocycles. The average Bonchev–Trinajstić information content (AvgIpc) is 4.02. The molecule has 0 aliphatic heterocycles. The van der Waals surface area contributed by atoms with E-state index in [1.165, 1.54) is 231 Å². The summed E-state index contributed by atoms with van der Waals surface area (Å²) in [5.74, 6) is 2.43. The Balaban J connectivity index is 1.17. The SMILES string of the molecule is CCCCCCCCCCCCCCOc1ccc2nc(-c3ccc(N=Cc4ccc(OC(=O)c5cc(OCCCCCCCCCCCC)c(OCCCCCCCCCCCC)c(OCCCCCCCCCCCC)c5)cc4O)cc3)oc2c1. The van der Waals surface area contributed by atoms with Crippen LogP contribution in [0.5, 0.6) is 34.5 Å². The molecule has 0 bridgehead atoms. The van der Waals surface area contributed by atoms with Gasteiger partial charge in [0.15, 0.2) is 17.1 Å². The van der Waals surface area contributed by atoms with Gasteiger partial charge in [-0.2, -0.15) is 0 Å². The molecular formula is C77H118N2O8. The zero-order chi connectivity index (χ0) is 61.5. The van der Waals surface area contributed by atoms with Crippen molar-refractivity contribution in [3.63, 3.8) is 0 Å². The number of esters is 1. The smallest absolute Gasteiger partial charge is 0.343 e. The number of oxazole rings is 1. The largest absolute Gasteiger partial charge is 0.507 e. The number of aromatic hydroxyl groups is 1. The highest BCUT2D eigenvalue weighted by molar-refractivity contribution is 5.93. The van der Waals surface area contributed by atoms with Crippen molar-refractivity contribution in [3.8, 4) is 46.0 Å². The molecule has 0 atom stereocenters. The number of aliphatic imine (C=N–C) groups is 1. The van der Waals surface area contributed by atoms with Crippen LogP contribution in [0.15, 0.2) is 82.2 Å². The molecule has 10 nitrogen and oxygen atoms in total. The van der Waals surface area contributed by atoms with Gasteiger partial charge < -0.3 is 33.2 Å². The van der Waals surface area contributed by atoms with Gasteiger partial charge in [-0.1, -0.05) is 272 Å². The lowest BCUT2D eigenvalue weighted by molar-refractivity contribution is 0.0733. The van der Waals surface area contributed by atoms with E-state index in [0.29, 0.717) is 72.0 Å². The molecule has 0 unspecified atom stereocenters. The fourth-order valence-electron chi connectivity index (χ4n) is 11.3. The van der Waals surface area contributed by atoms with Crippen molar-refractivity contribution in [2.45, 2.75) is 297 Å². The normalized spacial score (nSPS) is 11.5. The number of unbranched alkanes of at least 4 members (excludes halogenated alkanes) is 38. The van der Waals surface area contributed by atoms with E-state index in [0.717, 1.165) is 61.8 Å². The number of fused-ring (bicyclic) bond motifs is 1. The molecule has 0 fully saturated rings. The van der Waals surface area contributed by atoms with Gasteiger partial charge in [0.1, 0.15) is 22.8 Å². The minimum Gasteiger partial charge on any atom is -0.507 e. The zero-order valence-electron chi connectivity index (χ0n) is 55.2. The van der Waals surface area contributed by atoms with E-state index in [9.17, 15) is 9.90 Å². The van der Waals surface area contributed by atoms with Gasteiger partial charge in [-0.25, -0.2) is 9.78 Å². The van der Waals surface area contributed by atoms with E-state index in [-0.39, 0.29) is 11.5 Å². The van der Waals surface area contributed by atoms with E-state index in [2.05, 4.69) is 32.7 Å². The van der Waals surface area contributed by atoms with Crippen molar-refractivity contribution >= 4 is 29.0 Å². The Labute approximate surface area is 528 Å². The van der Waals surface area contributed by atoms with Gasteiger partial charge in [0.25, 0.3) is 0 Å². The Kier molecular flexibility index (Phi) is 39.4. The van der Waals surface area contributed by atoms with Crippen LogP contribution in [0.4, 0.5) is 5.69 Å². The Morgan fingerprint density at radius 1 is 0.437 bits per heavy atom. The van der Waals surface area contributed by atoms with Gasteiger partial charge in [0.2, 0.25) is 11.6 Å². The summed E-state index contributed by atoms with van der Waals surface area (Å²) < 4.78 is 37.9. The first-order valence-corrected chi connectivity index (χ1v) is 35.7. The van der Waals surface area contributed by atoms with E-state index < -0.39 is 5.97 Å². The second kappa shape index (κ2) is 47.5. The monoisotopic (exact) mass is 1200 g/mol. The van der Waals surface area contributed by atoms with E-state index in [1.807, 2.05) is 42.5 Å². The molecule has 87 heavy (non-hydrogen) atoms. The van der Waals surface area contributed by atoms with Gasteiger partial charge in [-0.3, -0.25) is 4.99 Å². The summed E-state index contributed by atoms with van der Waals surface area (Å²) in [5, 5.41) is 11.2. The second-order valence-corrected chi connectivity index (χ2v) is 24.7. The number of hydrogen-bond donors (Lipinski definition) is 1. The van der Waals surface area contributed by atoms with Gasteiger partial charge in [0, 0.05) is 29.5 Å². The number of nitrogens with zero attached hydrogens (tertiary/aromatic N) is 2. The van der Waals surface area contributed by atoms with Crippen LogP contribution in [-0.2, 0) is 0 Å². The van der Waals surface area contributed by atoms with Crippen LogP contribution in [0.1, 0.15) is 313 Å². The number of rotatable bonds is 55. The maximum atomic E-state index is 14.1. The molecule has 1 heterocycles. The Morgan fingerprint density at radius 2 is 0.828 bits per heavy atom. The lowest BCUT2D eigenvalue weighted by Gasteiger charge is -2.19. The third-order valence-corrected chi connectivity index (χ3v) is 16.8. The molecule has 10 heteroatoms. The summed E-state index contributed by atoms with van der Waals surface area (Å²) in [5.41, 5.74) is 3.74. The number of aromatic nitrogens is 1. The molecule has 5 aromatic rings. The van der Waals surface area contributed by atoms with Crippen molar-refractivity contribution in [3.05, 3.63) is 83.9 Å². The van der Waals surface area contributed by atoms with Gasteiger partial charge in [-0.15, -0.1) is 0 Å². The van der Waals surface area contributed by atoms with Crippen molar-refractivity contribution in [2.75, 3.05) is 26.4 Å². The molecule has 5 rings (SSSR count). The zero-order valence-corrected chi connectivity index (χ0v) is 55.2. The number of phenols is 1. The summed E-state index contributed by atoms with van der Waals surface area (Å²) >= 11 is 0. The first-order chi connectivity index (χ1) is 42.9. The number of carbonyl (C=O) groups excluding carboxylic acids is 1. The topological polar surface area (TPSA) is 122 Å². The first kappa shape index (κ1) is 72.2. The Hall–Kier alpha value is -5.51. The number of carbonyl (C=O) groups is 1. The fourth-order valence-corrected chi connectivity index (χ4v) is 11.3. The van der Waals surface area contributed by atoms with Crippen LogP contribution in [0.25, 0.3) is 22.6 Å². The number of ether oxygens (including phenoxy) is 5. The Bertz CT molecular complexity index is 2510. The van der Waals surface area contributed by atoms with Gasteiger partial charge >= 0.3 is 5.97 Å². The molecule has 0 amide bonds. The lowest BCUT2D eigenvalue weighted by Crippen LogP contribution is -2.12. The predicted molar refractivity (Wildman–Crippen MR) is 365 cm³/mol. The quantitative estimate of drug-likeness (QED) is 0.0175. The van der Waals surface area contributed by atoms with Gasteiger partial charge in [-0.05, 0) is 86.3 Å². The minimum absolute atomic E-state index is 0.0682. The van der Waals surface area contributed by atoms with Crippen LogP contribution in [0.2, 0.25) is 0 Å². The highest BCUT2D eigenvalue weighted by Gasteiger charge is 2.21. The molecule has 1 aromatic heterocycles. The number of phenolic OH excluding ortho intramolecular Hbond substituents is 1. The number of hydrogen-bond acceptors (Lipinski definition) is 10. The van der Waals surface area contributed by atoms with E-state index >= 15 is 0 Å². The molecule has 1 N–H and O–H groups in total. The molecule has 4 aromatic carbocycles. The minimum atomic E-state index is -0.581. The lowest BCUT2D eigenvalue weighted by atomic mass is 10.1. The maximum absolute atomic E-state index is 14.1. The van der Waals surface area contributed by atoms with Crippen LogP contribution in [0.3, 0.4) is 0 Å². The van der Waals surface area contributed by atoms with Crippen LogP contribution < -0.4 is 23.7 Å². The molecule has 0 spiro atoms. The molecule has 0 saturated heterocycles. The maximum Gasteiger partial charge on any atom is 0.343 e. The Morgan fingerprint density at radius 3 is 1.25 bits per heavy atom. The molecule has 0 aliphatic carbocycles. The van der Waals surface area contributed by atoms with Crippen molar-refractivity contribution < 1.29 is 38.0 Å². The van der Waals surface area contributed by atoms with Gasteiger partial charge in [0.05, 0.1) is 37.7 Å². The van der Waals surface area contributed by atoms with E-state index in [4.69, 9.17) is 33.1 Å². The summed E-state index contributed by atoms with van der Waals surface area (Å²) in [4.78, 5) is 23.5. The van der Waals surface area contributed by atoms with Crippen molar-refractivity contribution in [1.82, 2.24) is 4.98 Å². The summed E-state index contributed by atoms with van der Waals surface area (Å²) in [7, 11) is 0. The molecule has 0 radical (unpaired) electrons. The highest BCUT2D eigenvalue weighted by atomic mass is 16.5. The van der Waals surface area contributed by atoms with Crippen molar-refractivity contribution in [1.29, 1.82) is 0 Å². The fraction of sp³-hybridized carbons (Fsp3) is 0.649.